The second kappa shape index (κ2) is 10.6. The Hall–Kier alpha value is -2.69. The Morgan fingerprint density at radius 1 is 1.19 bits per heavy atom. The molecule has 5 rings (SSSR count). The molecule has 2 aromatic rings. The van der Waals surface area contributed by atoms with Crippen LogP contribution < -0.4 is 0 Å². The highest BCUT2D eigenvalue weighted by Gasteiger charge is 2.38. The Labute approximate surface area is 224 Å². The minimum atomic E-state index is -0.627. The van der Waals surface area contributed by atoms with Crippen LogP contribution in [0.2, 0.25) is 0 Å². The lowest BCUT2D eigenvalue weighted by Gasteiger charge is -2.40. The summed E-state index contributed by atoms with van der Waals surface area (Å²) < 4.78 is 17.8. The number of hydrogen-bond acceptors (Lipinski definition) is 7. The third-order valence-corrected chi connectivity index (χ3v) is 8.55. The molecular formula is C27H32BrN3O6. The van der Waals surface area contributed by atoms with Crippen LogP contribution in [0.25, 0.3) is 16.5 Å². The van der Waals surface area contributed by atoms with E-state index in [0.29, 0.717) is 55.8 Å². The lowest BCUT2D eigenvalue weighted by Crippen LogP contribution is -2.47. The van der Waals surface area contributed by atoms with Gasteiger partial charge in [-0.15, -0.1) is 0 Å². The van der Waals surface area contributed by atoms with Crippen molar-refractivity contribution in [2.75, 3.05) is 46.7 Å². The maximum absolute atomic E-state index is 13.2. The number of nitrogens with zero attached hydrogens (tertiary/aromatic N) is 3. The molecule has 1 saturated heterocycles. The minimum Gasteiger partial charge on any atom is -0.427 e. The van der Waals surface area contributed by atoms with Gasteiger partial charge < -0.3 is 19.1 Å². The van der Waals surface area contributed by atoms with Crippen LogP contribution in [0.4, 0.5) is 4.79 Å². The number of carbonyl (C=O) groups is 3. The fourth-order valence-corrected chi connectivity index (χ4v) is 6.43. The molecule has 3 heterocycles. The molecule has 1 amide bonds. The third kappa shape index (κ3) is 4.59. The van der Waals surface area contributed by atoms with Crippen molar-refractivity contribution in [3.05, 3.63) is 40.0 Å². The summed E-state index contributed by atoms with van der Waals surface area (Å²) in [6, 6.07) is 5.94. The fourth-order valence-electron chi connectivity index (χ4n) is 5.74. The largest absolute Gasteiger partial charge is 0.427 e. The van der Waals surface area contributed by atoms with Crippen LogP contribution in [0.3, 0.4) is 0 Å². The second-order valence-corrected chi connectivity index (χ2v) is 10.5. The lowest BCUT2D eigenvalue weighted by atomic mass is 9.79. The van der Waals surface area contributed by atoms with Gasteiger partial charge in [0, 0.05) is 37.7 Å². The number of aromatic nitrogens is 1. The number of halogens is 1. The van der Waals surface area contributed by atoms with E-state index in [2.05, 4.69) is 33.0 Å². The summed E-state index contributed by atoms with van der Waals surface area (Å²) in [6.45, 7) is 6.42. The Morgan fingerprint density at radius 2 is 1.97 bits per heavy atom. The van der Waals surface area contributed by atoms with E-state index in [9.17, 15) is 14.4 Å². The molecule has 0 bridgehead atoms. The highest BCUT2D eigenvalue weighted by Crippen LogP contribution is 2.45. The van der Waals surface area contributed by atoms with E-state index in [1.54, 1.807) is 0 Å². The summed E-state index contributed by atoms with van der Waals surface area (Å²) in [5.41, 5.74) is 3.86. The van der Waals surface area contributed by atoms with E-state index in [0.717, 1.165) is 22.1 Å². The predicted octanol–water partition coefficient (Wildman–Crippen LogP) is 3.66. The van der Waals surface area contributed by atoms with Gasteiger partial charge in [0.05, 0.1) is 28.6 Å². The monoisotopic (exact) mass is 573 g/mol. The topological polar surface area (TPSA) is 90.3 Å². The van der Waals surface area contributed by atoms with Gasteiger partial charge in [0.25, 0.3) is 0 Å². The summed E-state index contributed by atoms with van der Waals surface area (Å²) in [5.74, 6) is -0.812. The van der Waals surface area contributed by atoms with Crippen LogP contribution in [0.1, 0.15) is 31.4 Å². The molecule has 1 aromatic heterocycles. The quantitative estimate of drug-likeness (QED) is 0.384. The van der Waals surface area contributed by atoms with Crippen molar-refractivity contribution in [1.82, 2.24) is 14.4 Å². The van der Waals surface area contributed by atoms with Crippen molar-refractivity contribution in [3.8, 4) is 0 Å². The number of fused-ring (bicyclic) bond motifs is 2. The number of esters is 1. The first-order valence-corrected chi connectivity index (χ1v) is 13.6. The molecule has 3 atom stereocenters. The average Bonchev–Trinajstić information content (AvgIpc) is 3.53. The van der Waals surface area contributed by atoms with Gasteiger partial charge >= 0.3 is 12.1 Å². The van der Waals surface area contributed by atoms with Gasteiger partial charge in [0.2, 0.25) is 12.7 Å². The maximum Gasteiger partial charge on any atom is 0.422 e. The molecule has 0 radical (unpaired) electrons. The first kappa shape index (κ1) is 25.9. The number of amides is 1. The Morgan fingerprint density at radius 3 is 2.68 bits per heavy atom. The zero-order chi connectivity index (χ0) is 26.3. The van der Waals surface area contributed by atoms with E-state index in [1.165, 1.54) is 4.57 Å². The molecule has 1 fully saturated rings. The van der Waals surface area contributed by atoms with Crippen LogP contribution in [0.5, 0.6) is 0 Å². The highest BCUT2D eigenvalue weighted by atomic mass is 79.9. The van der Waals surface area contributed by atoms with Gasteiger partial charge in [0.1, 0.15) is 0 Å². The standard InChI is InChI=1S/C27H32BrN3O6/c1-4-30(5-2)25(32)17-11-19-18-7-6-8-21-23(18)20(12-22(19)29(3)13-17)24(28)31(21)27(34)37-15-36-26(33)16-9-10-35-14-16/h6-8,11,16-17,22H,4-5,9-10,12-15H2,1-3H3/t16?,17-,22-/m1/s1. The molecule has 1 aromatic carbocycles. The molecule has 0 saturated carbocycles. The first-order valence-electron chi connectivity index (χ1n) is 12.8. The van der Waals surface area contributed by atoms with Crippen molar-refractivity contribution in [2.24, 2.45) is 11.8 Å². The number of likely N-dealkylation sites (N-methyl/N-ethyl adjacent to an activating group) is 1. The van der Waals surface area contributed by atoms with Gasteiger partial charge in [-0.25, -0.2) is 9.36 Å². The molecule has 0 N–H and O–H groups in total. The highest BCUT2D eigenvalue weighted by molar-refractivity contribution is 9.10. The molecule has 1 unspecified atom stereocenters. The summed E-state index contributed by atoms with van der Waals surface area (Å²) in [6.07, 6.45) is 2.80. The van der Waals surface area contributed by atoms with Gasteiger partial charge in [0.15, 0.2) is 0 Å². The Balaban J connectivity index is 1.44. The molecule has 37 heavy (non-hydrogen) atoms. The van der Waals surface area contributed by atoms with Crippen molar-refractivity contribution in [1.29, 1.82) is 0 Å². The summed E-state index contributed by atoms with van der Waals surface area (Å²) in [4.78, 5) is 42.5. The molecule has 3 aliphatic rings. The molecule has 9 nitrogen and oxygen atoms in total. The van der Waals surface area contributed by atoms with Gasteiger partial charge in [-0.1, -0.05) is 18.2 Å². The van der Waals surface area contributed by atoms with Crippen molar-refractivity contribution >= 4 is 50.4 Å². The van der Waals surface area contributed by atoms with Crippen molar-refractivity contribution < 1.29 is 28.6 Å². The van der Waals surface area contributed by atoms with E-state index in [1.807, 2.05) is 37.9 Å². The number of ether oxygens (including phenoxy) is 3. The van der Waals surface area contributed by atoms with Crippen LogP contribution in [-0.4, -0.2) is 85.1 Å². The third-order valence-electron chi connectivity index (χ3n) is 7.72. The van der Waals surface area contributed by atoms with Crippen LogP contribution in [0, 0.1) is 11.8 Å². The van der Waals surface area contributed by atoms with Crippen LogP contribution >= 0.6 is 15.9 Å². The normalized spacial score (nSPS) is 22.9. The van der Waals surface area contributed by atoms with Crippen molar-refractivity contribution in [2.45, 2.75) is 32.7 Å². The Kier molecular flexibility index (Phi) is 7.42. The molecular weight excluding hydrogens is 542 g/mol. The molecule has 0 spiro atoms. The van der Waals surface area contributed by atoms with Crippen molar-refractivity contribution in [3.63, 3.8) is 0 Å². The van der Waals surface area contributed by atoms with E-state index in [4.69, 9.17) is 14.2 Å². The lowest BCUT2D eigenvalue weighted by molar-refractivity contribution is -0.156. The van der Waals surface area contributed by atoms with Crippen LogP contribution in [-0.2, 0) is 30.2 Å². The molecule has 10 heteroatoms. The number of benzene rings is 1. The smallest absolute Gasteiger partial charge is 0.422 e. The SMILES string of the molecule is CCN(CC)C(=O)[C@@H]1C=C2c3cccc4c3c(c(Br)n4C(=O)OCOC(=O)C3CCOC3)C[C@H]2N(C)C1. The average molecular weight is 574 g/mol. The summed E-state index contributed by atoms with van der Waals surface area (Å²) in [7, 11) is 2.05. The van der Waals surface area contributed by atoms with E-state index in [-0.39, 0.29) is 23.8 Å². The Bertz CT molecular complexity index is 1260. The van der Waals surface area contributed by atoms with Gasteiger partial charge in [-0.2, -0.15) is 0 Å². The maximum atomic E-state index is 13.2. The molecule has 2 aliphatic heterocycles. The van der Waals surface area contributed by atoms with Gasteiger partial charge in [-0.3, -0.25) is 14.5 Å². The zero-order valence-electron chi connectivity index (χ0n) is 21.4. The minimum absolute atomic E-state index is 0.0941. The zero-order valence-corrected chi connectivity index (χ0v) is 23.0. The van der Waals surface area contributed by atoms with E-state index < -0.39 is 18.9 Å². The summed E-state index contributed by atoms with van der Waals surface area (Å²) in [5, 5.41) is 0.971. The fraction of sp³-hybridized carbons (Fsp3) is 0.519. The van der Waals surface area contributed by atoms with E-state index >= 15 is 0 Å². The van der Waals surface area contributed by atoms with Crippen LogP contribution in [0.15, 0.2) is 28.9 Å². The predicted molar refractivity (Wildman–Crippen MR) is 141 cm³/mol. The molecule has 198 valence electrons. The summed E-state index contributed by atoms with van der Waals surface area (Å²) >= 11 is 3.65. The number of rotatable bonds is 6. The second-order valence-electron chi connectivity index (χ2n) is 9.75. The first-order chi connectivity index (χ1) is 17.8. The number of carbonyl (C=O) groups excluding carboxylic acids is 3. The molecule has 1 aliphatic carbocycles. The number of hydrogen-bond donors (Lipinski definition) is 0. The van der Waals surface area contributed by atoms with Gasteiger partial charge in [-0.05, 0) is 72.4 Å².